The molecule has 0 heterocycles. The molecule has 1 amide bonds. The van der Waals surface area contributed by atoms with Crippen molar-refractivity contribution in [2.75, 3.05) is 13.7 Å². The van der Waals surface area contributed by atoms with Crippen LogP contribution in [0.4, 0.5) is 0 Å². The summed E-state index contributed by atoms with van der Waals surface area (Å²) in [4.78, 5) is 12.4. The molecule has 0 aliphatic carbocycles. The molecule has 0 atom stereocenters. The van der Waals surface area contributed by atoms with E-state index in [1.807, 2.05) is 49.4 Å². The van der Waals surface area contributed by atoms with Crippen LogP contribution in [0.1, 0.15) is 28.4 Å². The van der Waals surface area contributed by atoms with E-state index in [0.29, 0.717) is 30.3 Å². The number of carbonyl (C=O) groups is 1. The quantitative estimate of drug-likeness (QED) is 0.258. The van der Waals surface area contributed by atoms with E-state index in [1.54, 1.807) is 31.5 Å². The largest absolute Gasteiger partial charge is 0.493 e. The zero-order valence-corrected chi connectivity index (χ0v) is 20.8. The molecule has 0 aromatic heterocycles. The number of carbonyl (C=O) groups excluding carboxylic acids is 1. The summed E-state index contributed by atoms with van der Waals surface area (Å²) >= 11 is 6.94. The summed E-state index contributed by atoms with van der Waals surface area (Å²) in [6.45, 7) is 2.80. The summed E-state index contributed by atoms with van der Waals surface area (Å²) in [5, 5.41) is 4.05. The minimum Gasteiger partial charge on any atom is -0.493 e. The number of hydrazone groups is 1. The number of halogens is 2. The molecule has 0 saturated carbocycles. The van der Waals surface area contributed by atoms with E-state index in [0.717, 1.165) is 25.8 Å². The maximum absolute atomic E-state index is 12.4. The van der Waals surface area contributed by atoms with Crippen LogP contribution in [-0.4, -0.2) is 25.8 Å². The van der Waals surface area contributed by atoms with E-state index in [1.165, 1.54) is 0 Å². The fourth-order valence-corrected chi connectivity index (χ4v) is 3.55. The van der Waals surface area contributed by atoms with E-state index < -0.39 is 0 Å². The molecule has 0 unspecified atom stereocenters. The fourth-order valence-electron chi connectivity index (χ4n) is 2.77. The van der Waals surface area contributed by atoms with Gasteiger partial charge in [-0.1, -0.05) is 28.1 Å². The van der Waals surface area contributed by atoms with Crippen molar-refractivity contribution < 1.29 is 19.0 Å². The minimum absolute atomic E-state index is 0.349. The van der Waals surface area contributed by atoms with Crippen LogP contribution >= 0.6 is 31.9 Å². The first-order valence-electron chi connectivity index (χ1n) is 9.81. The van der Waals surface area contributed by atoms with Gasteiger partial charge in [-0.25, -0.2) is 5.43 Å². The molecule has 3 rings (SSSR count). The van der Waals surface area contributed by atoms with Gasteiger partial charge >= 0.3 is 0 Å². The number of ether oxygens (including phenoxy) is 3. The van der Waals surface area contributed by atoms with Crippen molar-refractivity contribution in [1.82, 2.24) is 5.43 Å². The summed E-state index contributed by atoms with van der Waals surface area (Å²) < 4.78 is 18.4. The summed E-state index contributed by atoms with van der Waals surface area (Å²) in [5.74, 6) is 1.45. The van der Waals surface area contributed by atoms with Crippen molar-refractivity contribution >= 4 is 44.0 Å². The number of rotatable bonds is 9. The highest BCUT2D eigenvalue weighted by molar-refractivity contribution is 9.10. The molecular weight excluding hydrogens is 540 g/mol. The Kier molecular flexibility index (Phi) is 8.70. The lowest BCUT2D eigenvalue weighted by molar-refractivity contribution is 0.0954. The van der Waals surface area contributed by atoms with Crippen LogP contribution < -0.4 is 19.6 Å². The monoisotopic (exact) mass is 560 g/mol. The number of hydrogen-bond acceptors (Lipinski definition) is 5. The van der Waals surface area contributed by atoms with Crippen molar-refractivity contribution in [3.05, 3.63) is 86.3 Å². The first-order valence-corrected chi connectivity index (χ1v) is 11.4. The molecule has 0 aliphatic rings. The highest BCUT2D eigenvalue weighted by atomic mass is 79.9. The standard InChI is InChI=1S/C24H22Br2N2O4/c1-3-31-23-13-18(7-11-22(23)30-2)24(29)28-27-14-17-6-10-21(20(26)12-17)32-15-16-4-8-19(25)9-5-16/h4-14H,3,15H2,1-2H3,(H,28,29)/b27-14+. The van der Waals surface area contributed by atoms with Crippen LogP contribution in [0, 0.1) is 0 Å². The lowest BCUT2D eigenvalue weighted by atomic mass is 10.2. The highest BCUT2D eigenvalue weighted by Gasteiger charge is 2.10. The van der Waals surface area contributed by atoms with Gasteiger partial charge in [0.15, 0.2) is 11.5 Å². The number of nitrogens with one attached hydrogen (secondary N) is 1. The van der Waals surface area contributed by atoms with E-state index >= 15 is 0 Å². The third-order valence-corrected chi connectivity index (χ3v) is 5.52. The van der Waals surface area contributed by atoms with Crippen molar-refractivity contribution in [3.63, 3.8) is 0 Å². The Morgan fingerprint density at radius 1 is 0.969 bits per heavy atom. The summed E-state index contributed by atoms with van der Waals surface area (Å²) in [6.07, 6.45) is 1.56. The molecule has 0 aliphatic heterocycles. The van der Waals surface area contributed by atoms with Crippen molar-refractivity contribution in [2.45, 2.75) is 13.5 Å². The molecule has 3 aromatic rings. The lowest BCUT2D eigenvalue weighted by Crippen LogP contribution is -2.17. The molecule has 166 valence electrons. The molecule has 6 nitrogen and oxygen atoms in total. The highest BCUT2D eigenvalue weighted by Crippen LogP contribution is 2.28. The van der Waals surface area contributed by atoms with E-state index in [4.69, 9.17) is 14.2 Å². The molecule has 0 bridgehead atoms. The molecule has 32 heavy (non-hydrogen) atoms. The molecule has 0 fully saturated rings. The van der Waals surface area contributed by atoms with Gasteiger partial charge in [-0.15, -0.1) is 0 Å². The maximum atomic E-state index is 12.4. The Morgan fingerprint density at radius 2 is 1.72 bits per heavy atom. The first kappa shape index (κ1) is 23.8. The zero-order chi connectivity index (χ0) is 22.9. The molecule has 8 heteroatoms. The predicted molar refractivity (Wildman–Crippen MR) is 132 cm³/mol. The van der Waals surface area contributed by atoms with Gasteiger partial charge in [0.05, 0.1) is 24.4 Å². The van der Waals surface area contributed by atoms with Crippen LogP contribution in [0.15, 0.2) is 74.7 Å². The summed E-state index contributed by atoms with van der Waals surface area (Å²) in [7, 11) is 1.55. The smallest absolute Gasteiger partial charge is 0.271 e. The summed E-state index contributed by atoms with van der Waals surface area (Å²) in [6, 6.07) is 18.5. The predicted octanol–water partition coefficient (Wildman–Crippen LogP) is 5.96. The number of benzene rings is 3. The van der Waals surface area contributed by atoms with Crippen LogP contribution in [0.3, 0.4) is 0 Å². The molecular formula is C24H22Br2N2O4. The SMILES string of the molecule is CCOc1cc(C(=O)N/N=C/c2ccc(OCc3ccc(Br)cc3)c(Br)c2)ccc1OC. The van der Waals surface area contributed by atoms with Gasteiger partial charge in [-0.05, 0) is 82.5 Å². The number of nitrogens with zero attached hydrogens (tertiary/aromatic N) is 1. The van der Waals surface area contributed by atoms with Crippen LogP contribution in [0.25, 0.3) is 0 Å². The molecule has 1 N–H and O–H groups in total. The van der Waals surface area contributed by atoms with Gasteiger partial charge < -0.3 is 14.2 Å². The Hall–Kier alpha value is -2.84. The third kappa shape index (κ3) is 6.58. The number of amides is 1. The Morgan fingerprint density at radius 3 is 2.41 bits per heavy atom. The van der Waals surface area contributed by atoms with E-state index in [9.17, 15) is 4.79 Å². The number of hydrogen-bond donors (Lipinski definition) is 1. The normalized spacial score (nSPS) is 10.8. The van der Waals surface area contributed by atoms with Gasteiger partial charge in [0.2, 0.25) is 0 Å². The van der Waals surface area contributed by atoms with Crippen molar-refractivity contribution in [2.24, 2.45) is 5.10 Å². The second kappa shape index (κ2) is 11.7. The molecule has 0 radical (unpaired) electrons. The second-order valence-corrected chi connectivity index (χ2v) is 8.37. The second-order valence-electron chi connectivity index (χ2n) is 6.60. The van der Waals surface area contributed by atoms with Crippen LogP contribution in [0.5, 0.6) is 17.2 Å². The van der Waals surface area contributed by atoms with Gasteiger partial charge in [0, 0.05) is 10.0 Å². The topological polar surface area (TPSA) is 69.2 Å². The van der Waals surface area contributed by atoms with Gasteiger partial charge in [-0.2, -0.15) is 5.10 Å². The molecule has 3 aromatic carbocycles. The summed E-state index contributed by atoms with van der Waals surface area (Å²) in [5.41, 5.74) is 4.82. The first-order chi connectivity index (χ1) is 15.5. The lowest BCUT2D eigenvalue weighted by Gasteiger charge is -2.10. The van der Waals surface area contributed by atoms with E-state index in [-0.39, 0.29) is 5.91 Å². The Balaban J connectivity index is 1.59. The van der Waals surface area contributed by atoms with Crippen LogP contribution in [0.2, 0.25) is 0 Å². The maximum Gasteiger partial charge on any atom is 0.271 e. The average molecular weight is 562 g/mol. The minimum atomic E-state index is -0.349. The molecule has 0 spiro atoms. The zero-order valence-electron chi connectivity index (χ0n) is 17.6. The van der Waals surface area contributed by atoms with Crippen molar-refractivity contribution in [3.8, 4) is 17.2 Å². The van der Waals surface area contributed by atoms with Crippen molar-refractivity contribution in [1.29, 1.82) is 0 Å². The Labute approximate surface area is 203 Å². The molecule has 0 saturated heterocycles. The third-order valence-electron chi connectivity index (χ3n) is 4.37. The van der Waals surface area contributed by atoms with E-state index in [2.05, 4.69) is 42.4 Å². The average Bonchev–Trinajstić information content (AvgIpc) is 2.79. The fraction of sp³-hybridized carbons (Fsp3) is 0.167. The Bertz CT molecular complexity index is 1100. The van der Waals surface area contributed by atoms with Gasteiger partial charge in [0.25, 0.3) is 5.91 Å². The number of methoxy groups -OCH3 is 1. The van der Waals surface area contributed by atoms with Crippen LogP contribution in [-0.2, 0) is 6.61 Å². The van der Waals surface area contributed by atoms with Gasteiger partial charge in [-0.3, -0.25) is 4.79 Å². The van der Waals surface area contributed by atoms with Gasteiger partial charge in [0.1, 0.15) is 12.4 Å².